The van der Waals surface area contributed by atoms with Crippen LogP contribution in [0.1, 0.15) is 55.5 Å². The molecule has 0 radical (unpaired) electrons. The zero-order valence-corrected chi connectivity index (χ0v) is 17.1. The van der Waals surface area contributed by atoms with Crippen molar-refractivity contribution in [2.24, 2.45) is 0 Å². The lowest BCUT2D eigenvalue weighted by Crippen LogP contribution is -2.44. The Balaban J connectivity index is 1.76. The van der Waals surface area contributed by atoms with Crippen LogP contribution in [0, 0.1) is 20.8 Å². The highest BCUT2D eigenvalue weighted by Crippen LogP contribution is 2.40. The molecule has 1 N–H and O–H groups in total. The molecule has 2 aromatic carbocycles. The fourth-order valence-corrected chi connectivity index (χ4v) is 3.47. The zero-order chi connectivity index (χ0) is 19.8. The molecule has 0 spiro atoms. The van der Waals surface area contributed by atoms with Gasteiger partial charge in [0.1, 0.15) is 17.1 Å². The number of nitrogens with one attached hydrogen (secondary N) is 1. The molecular formula is C23H29NO3. The van der Waals surface area contributed by atoms with Crippen molar-refractivity contribution in [3.05, 3.63) is 58.7 Å². The largest absolute Gasteiger partial charge is 0.487 e. The fourth-order valence-electron chi connectivity index (χ4n) is 3.47. The Kier molecular flexibility index (Phi) is 5.18. The molecule has 0 aliphatic carbocycles. The van der Waals surface area contributed by atoms with Gasteiger partial charge in [-0.15, -0.1) is 0 Å². The van der Waals surface area contributed by atoms with E-state index in [4.69, 9.17) is 9.47 Å². The average Bonchev–Trinajstić information content (AvgIpc) is 2.57. The molecule has 2 atom stereocenters. The Hall–Kier alpha value is -2.49. The van der Waals surface area contributed by atoms with Crippen molar-refractivity contribution >= 4 is 5.91 Å². The summed E-state index contributed by atoms with van der Waals surface area (Å²) in [5.41, 5.74) is 4.03. The highest BCUT2D eigenvalue weighted by Gasteiger charge is 2.35. The summed E-state index contributed by atoms with van der Waals surface area (Å²) < 4.78 is 12.1. The summed E-state index contributed by atoms with van der Waals surface area (Å²) in [6.45, 7) is 12.0. The molecule has 2 aromatic rings. The van der Waals surface area contributed by atoms with Crippen LogP contribution in [-0.4, -0.2) is 17.6 Å². The third-order valence-corrected chi connectivity index (χ3v) is 5.17. The van der Waals surface area contributed by atoms with Gasteiger partial charge in [-0.2, -0.15) is 0 Å². The maximum atomic E-state index is 12.8. The van der Waals surface area contributed by atoms with Crippen molar-refractivity contribution in [2.45, 2.75) is 65.7 Å². The Morgan fingerprint density at radius 2 is 1.96 bits per heavy atom. The second-order valence-electron chi connectivity index (χ2n) is 8.13. The van der Waals surface area contributed by atoms with E-state index in [0.29, 0.717) is 6.42 Å². The number of carbonyl (C=O) groups excluding carboxylic acids is 1. The molecule has 1 aliphatic rings. The van der Waals surface area contributed by atoms with Gasteiger partial charge in [0.2, 0.25) is 0 Å². The smallest absolute Gasteiger partial charge is 0.261 e. The minimum atomic E-state index is -0.578. The molecular weight excluding hydrogens is 338 g/mol. The van der Waals surface area contributed by atoms with E-state index < -0.39 is 6.10 Å². The third-order valence-electron chi connectivity index (χ3n) is 5.17. The fraction of sp³-hybridized carbons (Fsp3) is 0.435. The molecule has 3 rings (SSSR count). The predicted molar refractivity (Wildman–Crippen MR) is 107 cm³/mol. The second kappa shape index (κ2) is 7.26. The van der Waals surface area contributed by atoms with Gasteiger partial charge in [0.15, 0.2) is 6.10 Å². The number of rotatable bonds is 4. The highest BCUT2D eigenvalue weighted by atomic mass is 16.5. The van der Waals surface area contributed by atoms with Crippen LogP contribution in [0.5, 0.6) is 11.5 Å². The van der Waals surface area contributed by atoms with Crippen LogP contribution < -0.4 is 14.8 Å². The van der Waals surface area contributed by atoms with Gasteiger partial charge >= 0.3 is 0 Å². The molecule has 0 bridgehead atoms. The van der Waals surface area contributed by atoms with E-state index in [1.54, 1.807) is 6.92 Å². The van der Waals surface area contributed by atoms with E-state index in [1.165, 1.54) is 0 Å². The molecule has 144 valence electrons. The summed E-state index contributed by atoms with van der Waals surface area (Å²) in [5, 5.41) is 3.16. The average molecular weight is 367 g/mol. The Bertz CT molecular complexity index is 857. The van der Waals surface area contributed by atoms with Gasteiger partial charge in [0, 0.05) is 12.0 Å². The molecule has 1 aliphatic heterocycles. The van der Waals surface area contributed by atoms with Gasteiger partial charge in [-0.25, -0.2) is 0 Å². The lowest BCUT2D eigenvalue weighted by molar-refractivity contribution is -0.128. The standard InChI is InChI=1S/C23H29NO3/c1-14-10-11-18-19(13-23(5,6)27-21(18)12-14)24-22(25)17(4)26-20-9-7-8-15(2)16(20)3/h7-12,17,19H,13H2,1-6H3,(H,24,25)/t17-,19+/m1/s1. The monoisotopic (exact) mass is 367 g/mol. The van der Waals surface area contributed by atoms with E-state index in [-0.39, 0.29) is 17.6 Å². The maximum Gasteiger partial charge on any atom is 0.261 e. The van der Waals surface area contributed by atoms with Gasteiger partial charge < -0.3 is 14.8 Å². The van der Waals surface area contributed by atoms with E-state index >= 15 is 0 Å². The highest BCUT2D eigenvalue weighted by molar-refractivity contribution is 5.81. The summed E-state index contributed by atoms with van der Waals surface area (Å²) in [7, 11) is 0. The van der Waals surface area contributed by atoms with E-state index in [9.17, 15) is 4.79 Å². The van der Waals surface area contributed by atoms with Crippen LogP contribution in [0.4, 0.5) is 0 Å². The molecule has 0 fully saturated rings. The SMILES string of the molecule is Cc1ccc2c(c1)OC(C)(C)C[C@@H]2NC(=O)[C@@H](C)Oc1cccc(C)c1C. The number of hydrogen-bond donors (Lipinski definition) is 1. The van der Waals surface area contributed by atoms with Crippen molar-refractivity contribution in [1.82, 2.24) is 5.32 Å². The lowest BCUT2D eigenvalue weighted by atomic mass is 9.89. The first-order valence-corrected chi connectivity index (χ1v) is 9.49. The number of amides is 1. The summed E-state index contributed by atoms with van der Waals surface area (Å²) in [4.78, 5) is 12.8. The van der Waals surface area contributed by atoms with Gasteiger partial charge in [-0.05, 0) is 70.4 Å². The van der Waals surface area contributed by atoms with Gasteiger partial charge in [-0.1, -0.05) is 24.3 Å². The molecule has 1 amide bonds. The first-order chi connectivity index (χ1) is 12.7. The molecule has 4 heteroatoms. The molecule has 27 heavy (non-hydrogen) atoms. The Morgan fingerprint density at radius 3 is 2.70 bits per heavy atom. The first kappa shape index (κ1) is 19.3. The minimum Gasteiger partial charge on any atom is -0.487 e. The molecule has 0 unspecified atom stereocenters. The molecule has 0 saturated carbocycles. The third kappa shape index (κ3) is 4.26. The quantitative estimate of drug-likeness (QED) is 0.844. The molecule has 4 nitrogen and oxygen atoms in total. The normalized spacial score (nSPS) is 18.8. The zero-order valence-electron chi connectivity index (χ0n) is 17.1. The van der Waals surface area contributed by atoms with E-state index in [0.717, 1.165) is 33.8 Å². The van der Waals surface area contributed by atoms with E-state index in [2.05, 4.69) is 11.4 Å². The van der Waals surface area contributed by atoms with Crippen LogP contribution in [0.2, 0.25) is 0 Å². The van der Waals surface area contributed by atoms with Crippen LogP contribution in [0.15, 0.2) is 36.4 Å². The summed E-state index contributed by atoms with van der Waals surface area (Å²) in [6, 6.07) is 11.9. The topological polar surface area (TPSA) is 47.6 Å². The number of aryl methyl sites for hydroxylation is 2. The lowest BCUT2D eigenvalue weighted by Gasteiger charge is -2.38. The van der Waals surface area contributed by atoms with Crippen LogP contribution in [0.25, 0.3) is 0 Å². The van der Waals surface area contributed by atoms with Crippen molar-refractivity contribution in [2.75, 3.05) is 0 Å². The van der Waals surface area contributed by atoms with Crippen molar-refractivity contribution in [3.63, 3.8) is 0 Å². The molecule has 1 heterocycles. The Morgan fingerprint density at radius 1 is 1.22 bits per heavy atom. The number of hydrogen-bond acceptors (Lipinski definition) is 3. The van der Waals surface area contributed by atoms with Gasteiger partial charge in [0.25, 0.3) is 5.91 Å². The minimum absolute atomic E-state index is 0.0958. The number of fused-ring (bicyclic) bond motifs is 1. The van der Waals surface area contributed by atoms with Crippen LogP contribution in [0.3, 0.4) is 0 Å². The van der Waals surface area contributed by atoms with Crippen LogP contribution >= 0.6 is 0 Å². The van der Waals surface area contributed by atoms with Gasteiger partial charge in [-0.3, -0.25) is 4.79 Å². The number of ether oxygens (including phenoxy) is 2. The van der Waals surface area contributed by atoms with Crippen molar-refractivity contribution in [3.8, 4) is 11.5 Å². The van der Waals surface area contributed by atoms with Gasteiger partial charge in [0.05, 0.1) is 6.04 Å². The summed E-state index contributed by atoms with van der Waals surface area (Å²) in [6.07, 6.45) is 0.135. The number of carbonyl (C=O) groups is 1. The van der Waals surface area contributed by atoms with Crippen molar-refractivity contribution < 1.29 is 14.3 Å². The predicted octanol–water partition coefficient (Wildman–Crippen LogP) is 4.80. The Labute approximate surface area is 161 Å². The summed E-state index contributed by atoms with van der Waals surface area (Å²) in [5.74, 6) is 1.48. The first-order valence-electron chi connectivity index (χ1n) is 9.49. The maximum absolute atomic E-state index is 12.8. The van der Waals surface area contributed by atoms with E-state index in [1.807, 2.05) is 65.0 Å². The summed E-state index contributed by atoms with van der Waals surface area (Å²) >= 11 is 0. The number of benzene rings is 2. The van der Waals surface area contributed by atoms with Crippen molar-refractivity contribution in [1.29, 1.82) is 0 Å². The molecule has 0 saturated heterocycles. The second-order valence-corrected chi connectivity index (χ2v) is 8.13. The van der Waals surface area contributed by atoms with Crippen LogP contribution in [-0.2, 0) is 4.79 Å². The molecule has 0 aromatic heterocycles.